The molecule has 0 spiro atoms. The molecule has 15 heavy (non-hydrogen) atoms. The summed E-state index contributed by atoms with van der Waals surface area (Å²) in [5.74, 6) is 0.325. The summed E-state index contributed by atoms with van der Waals surface area (Å²) in [6.07, 6.45) is 4.87. The highest BCUT2D eigenvalue weighted by atomic mass is 16.3. The molecule has 0 radical (unpaired) electrons. The Hall–Kier alpha value is -0.630. The molecule has 0 heterocycles. The Morgan fingerprint density at radius 3 is 2.73 bits per heavy atom. The number of hydrogen-bond donors (Lipinski definition) is 1. The molecule has 1 saturated carbocycles. The average molecular weight is 208 g/mol. The fourth-order valence-electron chi connectivity index (χ4n) is 3.47. The van der Waals surface area contributed by atoms with Gasteiger partial charge in [0.15, 0.2) is 5.78 Å². The minimum Gasteiger partial charge on any atom is -0.392 e. The monoisotopic (exact) mass is 208 g/mol. The molecule has 2 heteroatoms. The summed E-state index contributed by atoms with van der Waals surface area (Å²) >= 11 is 0. The van der Waals surface area contributed by atoms with Crippen LogP contribution < -0.4 is 0 Å². The molecule has 0 aromatic heterocycles. The van der Waals surface area contributed by atoms with E-state index in [1.165, 1.54) is 5.57 Å². The van der Waals surface area contributed by atoms with Crippen molar-refractivity contribution in [2.45, 2.75) is 58.5 Å². The highest BCUT2D eigenvalue weighted by Crippen LogP contribution is 2.53. The van der Waals surface area contributed by atoms with Crippen molar-refractivity contribution in [3.05, 3.63) is 11.1 Å². The van der Waals surface area contributed by atoms with Crippen LogP contribution in [0.3, 0.4) is 0 Å². The number of carbonyl (C=O) groups is 1. The fraction of sp³-hybridized carbons (Fsp3) is 0.769. The molecule has 0 saturated heterocycles. The second kappa shape index (κ2) is 3.75. The van der Waals surface area contributed by atoms with Crippen LogP contribution in [0.1, 0.15) is 52.4 Å². The van der Waals surface area contributed by atoms with E-state index < -0.39 is 0 Å². The summed E-state index contributed by atoms with van der Waals surface area (Å²) in [7, 11) is 0. The van der Waals surface area contributed by atoms with Gasteiger partial charge in [0.05, 0.1) is 6.10 Å². The zero-order valence-electron chi connectivity index (χ0n) is 9.68. The van der Waals surface area contributed by atoms with Gasteiger partial charge in [0.1, 0.15) is 0 Å². The number of aliphatic hydroxyl groups excluding tert-OH is 1. The van der Waals surface area contributed by atoms with Crippen LogP contribution in [0.5, 0.6) is 0 Å². The molecule has 84 valence electrons. The second-order valence-corrected chi connectivity index (χ2v) is 4.80. The molecule has 2 aliphatic carbocycles. The third-order valence-corrected chi connectivity index (χ3v) is 4.39. The van der Waals surface area contributed by atoms with Crippen molar-refractivity contribution in [1.82, 2.24) is 0 Å². The van der Waals surface area contributed by atoms with Crippen molar-refractivity contribution in [1.29, 1.82) is 0 Å². The number of hydrogen-bond acceptors (Lipinski definition) is 2. The molecule has 2 nitrogen and oxygen atoms in total. The molecule has 2 rings (SSSR count). The lowest BCUT2D eigenvalue weighted by Crippen LogP contribution is -2.35. The lowest BCUT2D eigenvalue weighted by Gasteiger charge is -2.37. The Labute approximate surface area is 91.4 Å². The van der Waals surface area contributed by atoms with Gasteiger partial charge in [-0.3, -0.25) is 4.79 Å². The van der Waals surface area contributed by atoms with Gasteiger partial charge >= 0.3 is 0 Å². The van der Waals surface area contributed by atoms with Gasteiger partial charge in [-0.25, -0.2) is 0 Å². The van der Waals surface area contributed by atoms with Crippen LogP contribution in [0, 0.1) is 5.41 Å². The SMILES string of the molecule is CCC1=C2CC[C@@H](O)[C@]2(CC)CCC1=O. The van der Waals surface area contributed by atoms with E-state index in [2.05, 4.69) is 13.8 Å². The van der Waals surface area contributed by atoms with Crippen LogP contribution in [0.25, 0.3) is 0 Å². The molecule has 0 aromatic carbocycles. The van der Waals surface area contributed by atoms with Crippen molar-refractivity contribution in [3.63, 3.8) is 0 Å². The minimum absolute atomic E-state index is 0.0424. The van der Waals surface area contributed by atoms with Crippen molar-refractivity contribution in [2.75, 3.05) is 0 Å². The standard InChI is InChI=1S/C13H20O2/c1-3-9-10-5-6-12(15)13(10,4-2)8-7-11(9)14/h12,15H,3-8H2,1-2H3/t12-,13-/m1/s1. The Balaban J connectivity index is 2.49. The smallest absolute Gasteiger partial charge is 0.158 e. The molecule has 0 amide bonds. The van der Waals surface area contributed by atoms with E-state index in [1.54, 1.807) is 0 Å². The van der Waals surface area contributed by atoms with Gasteiger partial charge in [-0.05, 0) is 37.7 Å². The number of ketones is 1. The van der Waals surface area contributed by atoms with Gasteiger partial charge in [-0.1, -0.05) is 19.4 Å². The summed E-state index contributed by atoms with van der Waals surface area (Å²) < 4.78 is 0. The van der Waals surface area contributed by atoms with E-state index in [1.807, 2.05) is 0 Å². The maximum Gasteiger partial charge on any atom is 0.158 e. The Morgan fingerprint density at radius 2 is 2.13 bits per heavy atom. The van der Waals surface area contributed by atoms with Crippen molar-refractivity contribution < 1.29 is 9.90 Å². The highest BCUT2D eigenvalue weighted by Gasteiger charge is 2.48. The summed E-state index contributed by atoms with van der Waals surface area (Å²) in [5.41, 5.74) is 2.27. The van der Waals surface area contributed by atoms with E-state index in [0.717, 1.165) is 37.7 Å². The largest absolute Gasteiger partial charge is 0.392 e. The maximum absolute atomic E-state index is 11.8. The van der Waals surface area contributed by atoms with Crippen molar-refractivity contribution >= 4 is 5.78 Å². The number of allylic oxidation sites excluding steroid dienone is 1. The lowest BCUT2D eigenvalue weighted by molar-refractivity contribution is -0.117. The van der Waals surface area contributed by atoms with E-state index in [0.29, 0.717) is 12.2 Å². The van der Waals surface area contributed by atoms with E-state index in [4.69, 9.17) is 0 Å². The molecule has 0 bridgehead atoms. The molecule has 1 N–H and O–H groups in total. The zero-order valence-corrected chi connectivity index (χ0v) is 9.68. The average Bonchev–Trinajstić information content (AvgIpc) is 2.57. The first kappa shape index (κ1) is 10.9. The molecule has 2 aliphatic rings. The predicted molar refractivity (Wildman–Crippen MR) is 59.5 cm³/mol. The van der Waals surface area contributed by atoms with Gasteiger partial charge in [0, 0.05) is 11.8 Å². The highest BCUT2D eigenvalue weighted by molar-refractivity contribution is 5.97. The first-order valence-electron chi connectivity index (χ1n) is 6.09. The predicted octanol–water partition coefficient (Wildman–Crippen LogP) is 2.61. The first-order chi connectivity index (χ1) is 7.15. The van der Waals surface area contributed by atoms with Crippen LogP contribution in [-0.2, 0) is 4.79 Å². The van der Waals surface area contributed by atoms with E-state index in [9.17, 15) is 9.90 Å². The molecule has 1 fully saturated rings. The topological polar surface area (TPSA) is 37.3 Å². The van der Waals surface area contributed by atoms with Gasteiger partial charge in [0.2, 0.25) is 0 Å². The van der Waals surface area contributed by atoms with Crippen LogP contribution in [0.4, 0.5) is 0 Å². The Bertz CT molecular complexity index is 316. The normalized spacial score (nSPS) is 35.9. The van der Waals surface area contributed by atoms with Crippen LogP contribution in [0.2, 0.25) is 0 Å². The van der Waals surface area contributed by atoms with E-state index in [-0.39, 0.29) is 11.5 Å². The molecule has 0 aliphatic heterocycles. The third kappa shape index (κ3) is 1.38. The maximum atomic E-state index is 11.8. The number of fused-ring (bicyclic) bond motifs is 1. The molecule has 0 aromatic rings. The van der Waals surface area contributed by atoms with Crippen LogP contribution in [0.15, 0.2) is 11.1 Å². The van der Waals surface area contributed by atoms with Crippen LogP contribution in [-0.4, -0.2) is 17.0 Å². The summed E-state index contributed by atoms with van der Waals surface area (Å²) in [6, 6.07) is 0. The van der Waals surface area contributed by atoms with Gasteiger partial charge < -0.3 is 5.11 Å². The van der Waals surface area contributed by atoms with Crippen LogP contribution >= 0.6 is 0 Å². The van der Waals surface area contributed by atoms with Crippen molar-refractivity contribution in [3.8, 4) is 0 Å². The zero-order chi connectivity index (χ0) is 11.1. The van der Waals surface area contributed by atoms with Gasteiger partial charge in [-0.2, -0.15) is 0 Å². The molecule has 0 unspecified atom stereocenters. The molecule has 2 atom stereocenters. The molecular formula is C13H20O2. The molecular weight excluding hydrogens is 188 g/mol. The second-order valence-electron chi connectivity index (χ2n) is 4.80. The Morgan fingerprint density at radius 1 is 1.40 bits per heavy atom. The Kier molecular flexibility index (Phi) is 2.72. The lowest BCUT2D eigenvalue weighted by atomic mass is 9.68. The third-order valence-electron chi connectivity index (χ3n) is 4.39. The minimum atomic E-state index is -0.216. The van der Waals surface area contributed by atoms with E-state index >= 15 is 0 Å². The number of aliphatic hydroxyl groups is 1. The summed E-state index contributed by atoms with van der Waals surface area (Å²) in [4.78, 5) is 11.8. The summed E-state index contributed by atoms with van der Waals surface area (Å²) in [6.45, 7) is 4.19. The van der Waals surface area contributed by atoms with Gasteiger partial charge in [0.25, 0.3) is 0 Å². The summed E-state index contributed by atoms with van der Waals surface area (Å²) in [5, 5.41) is 10.1. The quantitative estimate of drug-likeness (QED) is 0.757. The first-order valence-corrected chi connectivity index (χ1v) is 6.09. The van der Waals surface area contributed by atoms with Crippen molar-refractivity contribution in [2.24, 2.45) is 5.41 Å². The number of rotatable bonds is 2. The number of Topliss-reactive ketones (excluding diaryl/α,β-unsaturated/α-hetero) is 1. The fourth-order valence-corrected chi connectivity index (χ4v) is 3.47. The van der Waals surface area contributed by atoms with Gasteiger partial charge in [-0.15, -0.1) is 0 Å². The number of carbonyl (C=O) groups excluding carboxylic acids is 1.